The molecule has 3 rings (SSSR count). The highest BCUT2D eigenvalue weighted by Crippen LogP contribution is 2.40. The average Bonchev–Trinajstić information content (AvgIpc) is 2.65. The first-order valence-corrected chi connectivity index (χ1v) is 9.73. The summed E-state index contributed by atoms with van der Waals surface area (Å²) >= 11 is 0. The molecule has 1 aromatic carbocycles. The Morgan fingerprint density at radius 3 is 2.27 bits per heavy atom. The zero-order valence-corrected chi connectivity index (χ0v) is 16.7. The molecular formula is C21H34N2O3. The molecule has 0 radical (unpaired) electrons. The number of hydrogen-bond acceptors (Lipinski definition) is 5. The smallest absolute Gasteiger partial charge is 0.119 e. The highest BCUT2D eigenvalue weighted by atomic mass is 16.5. The first kappa shape index (κ1) is 19.5. The highest BCUT2D eigenvalue weighted by Gasteiger charge is 2.48. The van der Waals surface area contributed by atoms with Gasteiger partial charge in [0.05, 0.1) is 19.3 Å². The van der Waals surface area contributed by atoms with Crippen molar-refractivity contribution in [1.82, 2.24) is 4.90 Å². The minimum atomic E-state index is -0.720. The van der Waals surface area contributed by atoms with E-state index >= 15 is 0 Å². The lowest BCUT2D eigenvalue weighted by atomic mass is 9.70. The molecule has 2 fully saturated rings. The maximum atomic E-state index is 11.0. The molecule has 1 atom stereocenters. The van der Waals surface area contributed by atoms with Crippen LogP contribution in [0.25, 0.3) is 0 Å². The molecule has 0 aromatic heterocycles. The first-order chi connectivity index (χ1) is 12.4. The number of anilines is 1. The van der Waals surface area contributed by atoms with Crippen molar-refractivity contribution in [2.45, 2.75) is 44.8 Å². The van der Waals surface area contributed by atoms with Gasteiger partial charge in [0, 0.05) is 50.4 Å². The third kappa shape index (κ3) is 3.85. The van der Waals surface area contributed by atoms with Gasteiger partial charge in [0.15, 0.2) is 0 Å². The van der Waals surface area contributed by atoms with Crippen LogP contribution in [-0.4, -0.2) is 68.7 Å². The van der Waals surface area contributed by atoms with Gasteiger partial charge in [-0.05, 0) is 43.5 Å². The Balaban J connectivity index is 1.56. The summed E-state index contributed by atoms with van der Waals surface area (Å²) in [6.45, 7) is 8.81. The molecule has 2 heterocycles. The molecule has 5 nitrogen and oxygen atoms in total. The van der Waals surface area contributed by atoms with Crippen LogP contribution in [0, 0.1) is 5.41 Å². The fourth-order valence-corrected chi connectivity index (χ4v) is 4.50. The number of methoxy groups -OCH3 is 2. The number of rotatable bonds is 5. The van der Waals surface area contributed by atoms with Crippen molar-refractivity contribution in [3.05, 3.63) is 24.3 Å². The van der Waals surface area contributed by atoms with Crippen LogP contribution in [0.15, 0.2) is 24.3 Å². The van der Waals surface area contributed by atoms with E-state index in [4.69, 9.17) is 9.47 Å². The van der Waals surface area contributed by atoms with E-state index in [2.05, 4.69) is 35.8 Å². The van der Waals surface area contributed by atoms with Gasteiger partial charge in [-0.25, -0.2) is 0 Å². The Kier molecular flexibility index (Phi) is 5.80. The number of benzene rings is 1. The van der Waals surface area contributed by atoms with Crippen molar-refractivity contribution in [1.29, 1.82) is 0 Å². The maximum absolute atomic E-state index is 11.0. The minimum absolute atomic E-state index is 0.158. The van der Waals surface area contributed by atoms with Gasteiger partial charge in [0.1, 0.15) is 5.75 Å². The van der Waals surface area contributed by atoms with E-state index in [-0.39, 0.29) is 5.41 Å². The van der Waals surface area contributed by atoms with Crippen LogP contribution >= 0.6 is 0 Å². The van der Waals surface area contributed by atoms with E-state index in [9.17, 15) is 5.11 Å². The third-order valence-electron chi connectivity index (χ3n) is 6.47. The quantitative estimate of drug-likeness (QED) is 0.873. The molecular weight excluding hydrogens is 328 g/mol. The molecule has 5 heteroatoms. The van der Waals surface area contributed by atoms with Crippen molar-refractivity contribution in [2.75, 3.05) is 51.9 Å². The lowest BCUT2D eigenvalue weighted by molar-refractivity contribution is -0.156. The molecule has 146 valence electrons. The van der Waals surface area contributed by atoms with Crippen molar-refractivity contribution < 1.29 is 14.6 Å². The molecule has 1 N–H and O–H groups in total. The van der Waals surface area contributed by atoms with E-state index in [1.54, 1.807) is 14.2 Å². The van der Waals surface area contributed by atoms with Crippen LogP contribution in [0.5, 0.6) is 5.75 Å². The molecule has 26 heavy (non-hydrogen) atoms. The number of nitrogens with zero attached hydrogens (tertiary/aromatic N) is 2. The molecule has 0 aliphatic carbocycles. The fraction of sp³-hybridized carbons (Fsp3) is 0.714. The fourth-order valence-electron chi connectivity index (χ4n) is 4.50. The van der Waals surface area contributed by atoms with Gasteiger partial charge in [0.2, 0.25) is 0 Å². The van der Waals surface area contributed by atoms with E-state index in [0.29, 0.717) is 12.6 Å². The molecule has 2 saturated heterocycles. The van der Waals surface area contributed by atoms with Gasteiger partial charge >= 0.3 is 0 Å². The number of ether oxygens (including phenoxy) is 2. The molecule has 0 bridgehead atoms. The summed E-state index contributed by atoms with van der Waals surface area (Å²) in [6, 6.07) is 8.97. The van der Waals surface area contributed by atoms with Crippen LogP contribution in [0.2, 0.25) is 0 Å². The summed E-state index contributed by atoms with van der Waals surface area (Å²) in [7, 11) is 3.38. The van der Waals surface area contributed by atoms with E-state index in [1.807, 2.05) is 12.1 Å². The van der Waals surface area contributed by atoms with Crippen LogP contribution in [0.1, 0.15) is 33.1 Å². The average molecular weight is 363 g/mol. The minimum Gasteiger partial charge on any atom is -0.497 e. The van der Waals surface area contributed by atoms with Crippen molar-refractivity contribution in [3.63, 3.8) is 0 Å². The lowest BCUT2D eigenvalue weighted by Crippen LogP contribution is -2.62. The standard InChI is InChI=1S/C21H34N2O3/c1-20(2)15-23(14-11-21(20,24)16-25-3)18-9-12-22(13-10-18)17-5-7-19(26-4)8-6-17/h5-8,18,24H,9-16H2,1-4H3/t21-/m1/s1. The van der Waals surface area contributed by atoms with Crippen molar-refractivity contribution in [2.24, 2.45) is 5.41 Å². The Morgan fingerprint density at radius 1 is 1.08 bits per heavy atom. The predicted octanol–water partition coefficient (Wildman–Crippen LogP) is 2.77. The normalized spacial score (nSPS) is 27.5. The molecule has 0 spiro atoms. The predicted molar refractivity (Wildman–Crippen MR) is 105 cm³/mol. The topological polar surface area (TPSA) is 45.2 Å². The van der Waals surface area contributed by atoms with Gasteiger partial charge in [0.25, 0.3) is 0 Å². The first-order valence-electron chi connectivity index (χ1n) is 9.73. The molecule has 0 amide bonds. The van der Waals surface area contributed by atoms with Crippen LogP contribution in [0.4, 0.5) is 5.69 Å². The zero-order valence-electron chi connectivity index (χ0n) is 16.7. The van der Waals surface area contributed by atoms with E-state index in [0.717, 1.165) is 38.3 Å². The number of hydrogen-bond donors (Lipinski definition) is 1. The summed E-state index contributed by atoms with van der Waals surface area (Å²) in [5.74, 6) is 0.905. The van der Waals surface area contributed by atoms with Gasteiger partial charge in [-0.1, -0.05) is 13.8 Å². The molecule has 1 aromatic rings. The monoisotopic (exact) mass is 362 g/mol. The molecule has 2 aliphatic heterocycles. The number of likely N-dealkylation sites (tertiary alicyclic amines) is 1. The van der Waals surface area contributed by atoms with Gasteiger partial charge in [-0.3, -0.25) is 4.90 Å². The second-order valence-electron chi connectivity index (χ2n) is 8.49. The van der Waals surface area contributed by atoms with Crippen molar-refractivity contribution in [3.8, 4) is 5.75 Å². The van der Waals surface area contributed by atoms with Gasteiger partial charge in [-0.15, -0.1) is 0 Å². The SMILES string of the molecule is COC[C@]1(O)CCN(C2CCN(c3ccc(OC)cc3)CC2)CC1(C)C. The lowest BCUT2D eigenvalue weighted by Gasteiger charge is -2.53. The summed E-state index contributed by atoms with van der Waals surface area (Å²) < 4.78 is 10.5. The number of piperidine rings is 2. The second-order valence-corrected chi connectivity index (χ2v) is 8.49. The van der Waals surface area contributed by atoms with E-state index in [1.165, 1.54) is 18.5 Å². The van der Waals surface area contributed by atoms with Gasteiger partial charge < -0.3 is 19.5 Å². The summed E-state index contributed by atoms with van der Waals surface area (Å²) in [5, 5.41) is 11.0. The summed E-state index contributed by atoms with van der Waals surface area (Å²) in [5.41, 5.74) is 0.397. The van der Waals surface area contributed by atoms with Gasteiger partial charge in [-0.2, -0.15) is 0 Å². The Morgan fingerprint density at radius 2 is 1.73 bits per heavy atom. The molecule has 0 unspecified atom stereocenters. The molecule has 2 aliphatic rings. The van der Waals surface area contributed by atoms with Crippen LogP contribution in [0.3, 0.4) is 0 Å². The molecule has 0 saturated carbocycles. The van der Waals surface area contributed by atoms with E-state index < -0.39 is 5.60 Å². The Bertz CT molecular complexity index is 581. The Labute approximate surface area is 157 Å². The Hall–Kier alpha value is -1.30. The summed E-state index contributed by atoms with van der Waals surface area (Å²) in [6.07, 6.45) is 3.13. The summed E-state index contributed by atoms with van der Waals surface area (Å²) in [4.78, 5) is 5.06. The van der Waals surface area contributed by atoms with Crippen LogP contribution < -0.4 is 9.64 Å². The zero-order chi connectivity index (χ0) is 18.8. The number of aliphatic hydroxyl groups is 1. The van der Waals surface area contributed by atoms with Crippen LogP contribution in [-0.2, 0) is 4.74 Å². The highest BCUT2D eigenvalue weighted by molar-refractivity contribution is 5.49. The second kappa shape index (κ2) is 7.75. The largest absolute Gasteiger partial charge is 0.497 e. The third-order valence-corrected chi connectivity index (χ3v) is 6.47. The maximum Gasteiger partial charge on any atom is 0.119 e. The van der Waals surface area contributed by atoms with Crippen molar-refractivity contribution >= 4 is 5.69 Å².